The zero-order chi connectivity index (χ0) is 26.2. The molecule has 2 aliphatic heterocycles. The molecule has 0 bridgehead atoms. The van der Waals surface area contributed by atoms with Gasteiger partial charge in [0.15, 0.2) is 11.5 Å². The fourth-order valence-electron chi connectivity index (χ4n) is 5.17. The molecule has 0 unspecified atom stereocenters. The van der Waals surface area contributed by atoms with E-state index >= 15 is 0 Å². The number of ether oxygens (including phenoxy) is 1. The number of amides is 3. The minimum absolute atomic E-state index is 0.0974. The molecule has 0 spiro atoms. The summed E-state index contributed by atoms with van der Waals surface area (Å²) in [6.07, 6.45) is 1.93. The molecule has 0 aromatic heterocycles. The molecule has 10 nitrogen and oxygen atoms in total. The maximum absolute atomic E-state index is 13.8. The molecular formula is C25H27N3O7S. The van der Waals surface area contributed by atoms with Gasteiger partial charge in [-0.1, -0.05) is 12.1 Å². The van der Waals surface area contributed by atoms with Gasteiger partial charge in [-0.25, -0.2) is 4.90 Å². The van der Waals surface area contributed by atoms with Crippen molar-refractivity contribution in [3.8, 4) is 11.5 Å². The van der Waals surface area contributed by atoms with Gasteiger partial charge in [-0.05, 0) is 48.8 Å². The van der Waals surface area contributed by atoms with Crippen LogP contribution < -0.4 is 20.3 Å². The Balaban J connectivity index is 1.82. The average Bonchev–Trinajstić information content (AvgIpc) is 3.32. The molecule has 36 heavy (non-hydrogen) atoms. The highest BCUT2D eigenvalue weighted by atomic mass is 32.2. The zero-order valence-corrected chi connectivity index (χ0v) is 20.8. The van der Waals surface area contributed by atoms with E-state index in [9.17, 15) is 29.4 Å². The zero-order valence-electron chi connectivity index (χ0n) is 20.0. The standard InChI is InChI=1S/C25H27N3O7S/c1-13(29)26-14-7-9-15(10-8-14)28-22(31)18-19(23(28)32)25(24(33)34,11-12-36-3)27-20(18)16-5-4-6-17(35-2)21(16)30/h4-10,18-20,27,30H,11-12H2,1-3H3,(H,26,29)(H,33,34)/t18-,19+,20-,25-/m1/s1. The van der Waals surface area contributed by atoms with E-state index in [0.717, 1.165) is 4.90 Å². The smallest absolute Gasteiger partial charge is 0.324 e. The van der Waals surface area contributed by atoms with Crippen molar-refractivity contribution in [1.82, 2.24) is 5.32 Å². The van der Waals surface area contributed by atoms with Crippen molar-refractivity contribution in [3.63, 3.8) is 0 Å². The Bertz CT molecular complexity index is 1220. The van der Waals surface area contributed by atoms with Gasteiger partial charge in [0.05, 0.1) is 24.6 Å². The van der Waals surface area contributed by atoms with E-state index in [1.807, 2.05) is 6.26 Å². The number of fused-ring (bicyclic) bond motifs is 1. The molecule has 11 heteroatoms. The molecule has 2 fully saturated rings. The van der Waals surface area contributed by atoms with Crippen molar-refractivity contribution in [3.05, 3.63) is 48.0 Å². The number of rotatable bonds is 8. The first-order valence-corrected chi connectivity index (χ1v) is 12.7. The van der Waals surface area contributed by atoms with Crippen LogP contribution in [0.25, 0.3) is 0 Å². The number of hydrogen-bond acceptors (Lipinski definition) is 8. The number of methoxy groups -OCH3 is 1. The quantitative estimate of drug-likeness (QED) is 0.391. The summed E-state index contributed by atoms with van der Waals surface area (Å²) in [5, 5.41) is 26.9. The Morgan fingerprint density at radius 3 is 2.44 bits per heavy atom. The third-order valence-electron chi connectivity index (χ3n) is 6.77. The van der Waals surface area contributed by atoms with Crippen molar-refractivity contribution in [2.75, 3.05) is 29.3 Å². The van der Waals surface area contributed by atoms with Gasteiger partial charge in [0.1, 0.15) is 5.54 Å². The van der Waals surface area contributed by atoms with Crippen molar-refractivity contribution in [2.45, 2.75) is 24.9 Å². The Kier molecular flexibility index (Phi) is 6.96. The van der Waals surface area contributed by atoms with E-state index in [-0.39, 0.29) is 35.1 Å². The molecule has 2 saturated heterocycles. The van der Waals surface area contributed by atoms with Crippen LogP contribution in [0.5, 0.6) is 11.5 Å². The van der Waals surface area contributed by atoms with Crippen LogP contribution in [-0.4, -0.2) is 58.6 Å². The van der Waals surface area contributed by atoms with E-state index in [2.05, 4.69) is 10.6 Å². The summed E-state index contributed by atoms with van der Waals surface area (Å²) in [6, 6.07) is 10.0. The van der Waals surface area contributed by atoms with Crippen molar-refractivity contribution in [1.29, 1.82) is 0 Å². The lowest BCUT2D eigenvalue weighted by atomic mass is 9.78. The highest BCUT2D eigenvalue weighted by Gasteiger charge is 2.68. The first-order chi connectivity index (χ1) is 17.2. The topological polar surface area (TPSA) is 145 Å². The molecule has 2 aromatic rings. The fraction of sp³-hybridized carbons (Fsp3) is 0.360. The number of nitrogens with zero attached hydrogens (tertiary/aromatic N) is 1. The summed E-state index contributed by atoms with van der Waals surface area (Å²) in [7, 11) is 1.39. The number of aromatic hydroxyl groups is 1. The Morgan fingerprint density at radius 1 is 1.17 bits per heavy atom. The molecule has 190 valence electrons. The maximum Gasteiger partial charge on any atom is 0.324 e. The number of carboxylic acid groups (broad SMARTS) is 1. The summed E-state index contributed by atoms with van der Waals surface area (Å²) in [4.78, 5) is 52.6. The second-order valence-corrected chi connectivity index (χ2v) is 9.77. The summed E-state index contributed by atoms with van der Waals surface area (Å²) < 4.78 is 5.21. The highest BCUT2D eigenvalue weighted by Crippen LogP contribution is 2.53. The molecule has 4 N–H and O–H groups in total. The van der Waals surface area contributed by atoms with Crippen LogP contribution in [0.4, 0.5) is 11.4 Å². The Morgan fingerprint density at radius 2 is 1.86 bits per heavy atom. The number of anilines is 2. The summed E-state index contributed by atoms with van der Waals surface area (Å²) in [5.74, 6) is -4.57. The molecule has 2 aliphatic rings. The molecular weight excluding hydrogens is 486 g/mol. The van der Waals surface area contributed by atoms with Crippen molar-refractivity contribution >= 4 is 46.8 Å². The van der Waals surface area contributed by atoms with E-state index in [0.29, 0.717) is 11.4 Å². The van der Waals surface area contributed by atoms with Gasteiger partial charge >= 0.3 is 5.97 Å². The number of carboxylic acids is 1. The van der Waals surface area contributed by atoms with Crippen LogP contribution in [0.3, 0.4) is 0 Å². The number of benzene rings is 2. The Labute approximate surface area is 212 Å². The second-order valence-electron chi connectivity index (χ2n) is 8.78. The second kappa shape index (κ2) is 9.82. The Hall–Kier alpha value is -3.57. The van der Waals surface area contributed by atoms with E-state index in [1.165, 1.54) is 37.9 Å². The maximum atomic E-state index is 13.8. The lowest BCUT2D eigenvalue weighted by Gasteiger charge is -2.31. The molecule has 0 radical (unpaired) electrons. The largest absolute Gasteiger partial charge is 0.504 e. The van der Waals surface area contributed by atoms with Gasteiger partial charge < -0.3 is 20.3 Å². The van der Waals surface area contributed by atoms with Gasteiger partial charge in [-0.2, -0.15) is 11.8 Å². The van der Waals surface area contributed by atoms with Crippen LogP contribution in [-0.2, 0) is 19.2 Å². The van der Waals surface area contributed by atoms with Gasteiger partial charge in [-0.15, -0.1) is 0 Å². The van der Waals surface area contributed by atoms with Crippen molar-refractivity contribution in [2.24, 2.45) is 11.8 Å². The number of aliphatic carboxylic acids is 1. The minimum atomic E-state index is -1.72. The fourth-order valence-corrected chi connectivity index (χ4v) is 5.70. The molecule has 3 amide bonds. The SMILES string of the molecule is COc1cccc([C@H]2N[C@@](CCSC)(C(=O)O)[C@@H]3C(=O)N(c4ccc(NC(C)=O)cc4)C(=O)[C@@H]23)c1O. The van der Waals surface area contributed by atoms with Crippen LogP contribution in [0, 0.1) is 11.8 Å². The van der Waals surface area contributed by atoms with E-state index in [4.69, 9.17) is 4.74 Å². The number of carbonyl (C=O) groups excluding carboxylic acids is 3. The predicted octanol–water partition coefficient (Wildman–Crippen LogP) is 2.39. The number of para-hydroxylation sites is 1. The first kappa shape index (κ1) is 25.5. The van der Waals surface area contributed by atoms with Gasteiger partial charge in [0.25, 0.3) is 0 Å². The van der Waals surface area contributed by atoms with Gasteiger partial charge in [0.2, 0.25) is 17.7 Å². The van der Waals surface area contributed by atoms with Gasteiger partial charge in [-0.3, -0.25) is 24.5 Å². The average molecular weight is 514 g/mol. The molecule has 4 atom stereocenters. The molecule has 2 heterocycles. The van der Waals surface area contributed by atoms with Crippen LogP contribution >= 0.6 is 11.8 Å². The van der Waals surface area contributed by atoms with E-state index < -0.39 is 41.2 Å². The number of hydrogen-bond donors (Lipinski definition) is 4. The molecule has 2 aromatic carbocycles. The predicted molar refractivity (Wildman–Crippen MR) is 134 cm³/mol. The first-order valence-electron chi connectivity index (χ1n) is 11.3. The number of nitrogens with one attached hydrogen (secondary N) is 2. The minimum Gasteiger partial charge on any atom is -0.504 e. The number of thioether (sulfide) groups is 1. The molecule has 0 aliphatic carbocycles. The van der Waals surface area contributed by atoms with Crippen molar-refractivity contribution < 1.29 is 34.1 Å². The molecule has 4 rings (SSSR count). The lowest BCUT2D eigenvalue weighted by molar-refractivity contribution is -0.148. The highest BCUT2D eigenvalue weighted by molar-refractivity contribution is 7.98. The number of phenolic OH excluding ortho intramolecular Hbond substituents is 1. The number of phenols is 1. The summed E-state index contributed by atoms with van der Waals surface area (Å²) >= 11 is 1.43. The molecule has 0 saturated carbocycles. The summed E-state index contributed by atoms with van der Waals surface area (Å²) in [6.45, 7) is 1.36. The lowest BCUT2D eigenvalue weighted by Crippen LogP contribution is -2.56. The number of imide groups is 1. The monoisotopic (exact) mass is 513 g/mol. The summed E-state index contributed by atoms with van der Waals surface area (Å²) in [5.41, 5.74) is -0.677. The third-order valence-corrected chi connectivity index (χ3v) is 7.38. The van der Waals surface area contributed by atoms with E-state index in [1.54, 1.807) is 30.3 Å². The van der Waals surface area contributed by atoms with Crippen LogP contribution in [0.15, 0.2) is 42.5 Å². The van der Waals surface area contributed by atoms with Crippen LogP contribution in [0.2, 0.25) is 0 Å². The normalized spacial score (nSPS) is 25.1. The van der Waals surface area contributed by atoms with Crippen LogP contribution in [0.1, 0.15) is 24.9 Å². The number of carbonyl (C=O) groups is 4. The van der Waals surface area contributed by atoms with Gasteiger partial charge in [0, 0.05) is 24.2 Å². The third kappa shape index (κ3) is 4.07.